The van der Waals surface area contributed by atoms with E-state index in [4.69, 9.17) is 11.1 Å². The number of hydrogen-bond donors (Lipinski definition) is 3. The first kappa shape index (κ1) is 36.3. The molecule has 57 heavy (non-hydrogen) atoms. The summed E-state index contributed by atoms with van der Waals surface area (Å²) >= 11 is 0. The number of pyridine rings is 1. The lowest BCUT2D eigenvalue weighted by Crippen LogP contribution is -2.17. The van der Waals surface area contributed by atoms with Gasteiger partial charge in [0.05, 0.1) is 11.4 Å². The predicted molar refractivity (Wildman–Crippen MR) is 240 cm³/mol. The number of allylic oxidation sites excluding steroid dienone is 4. The Morgan fingerprint density at radius 2 is 0.737 bits per heavy atom. The molecule has 0 aliphatic heterocycles. The molecule has 0 bridgehead atoms. The van der Waals surface area contributed by atoms with Crippen LogP contribution < -0.4 is 5.73 Å². The maximum Gasteiger partial charge on any atom is 0.0868 e. The van der Waals surface area contributed by atoms with E-state index in [2.05, 4.69) is 120 Å². The number of rotatable bonds is 7. The first-order chi connectivity index (χ1) is 28.0. The zero-order valence-corrected chi connectivity index (χ0v) is 31.3. The van der Waals surface area contributed by atoms with Crippen LogP contribution in [0.4, 0.5) is 5.69 Å². The van der Waals surface area contributed by atoms with E-state index in [9.17, 15) is 5.41 Å². The summed E-state index contributed by atoms with van der Waals surface area (Å²) in [5, 5.41) is 18.4. The van der Waals surface area contributed by atoms with E-state index < -0.39 is 0 Å². The molecule has 1 heterocycles. The van der Waals surface area contributed by atoms with Crippen LogP contribution in [0.15, 0.2) is 219 Å². The smallest absolute Gasteiger partial charge is 0.0868 e. The van der Waals surface area contributed by atoms with Crippen molar-refractivity contribution in [2.45, 2.75) is 0 Å². The van der Waals surface area contributed by atoms with Gasteiger partial charge >= 0.3 is 0 Å². The molecule has 1 aromatic heterocycles. The maximum absolute atomic E-state index is 9.26. The SMILES string of the molecule is N=C1C=C(c2c(-c3ccccc3)cccc2-c2ccccc2)C=C(c2c(-c3ccccc3)cccc2-c2ccccc2)C1=N.Nc1ccc(-c2ccncc2)cc1. The second-order valence-electron chi connectivity index (χ2n) is 13.7. The van der Waals surface area contributed by atoms with Gasteiger partial charge in [-0.25, -0.2) is 0 Å². The van der Waals surface area contributed by atoms with Gasteiger partial charge in [0.25, 0.3) is 0 Å². The van der Waals surface area contributed by atoms with Gasteiger partial charge in [0, 0.05) is 23.7 Å². The average Bonchev–Trinajstić information content (AvgIpc) is 3.29. The Labute approximate surface area is 334 Å². The van der Waals surface area contributed by atoms with E-state index >= 15 is 0 Å². The molecule has 1 aliphatic rings. The molecule has 0 fully saturated rings. The molecule has 0 unspecified atom stereocenters. The average molecular weight is 733 g/mol. The van der Waals surface area contributed by atoms with E-state index in [0.717, 1.165) is 83.6 Å². The summed E-state index contributed by atoms with van der Waals surface area (Å²) in [6.07, 6.45) is 7.55. The summed E-state index contributed by atoms with van der Waals surface area (Å²) in [6, 6.07) is 66.0. The number of benzene rings is 7. The molecule has 4 nitrogen and oxygen atoms in total. The quantitative estimate of drug-likeness (QED) is 0.113. The third kappa shape index (κ3) is 7.93. The molecule has 0 saturated heterocycles. The second-order valence-corrected chi connectivity index (χ2v) is 13.7. The molecule has 4 heteroatoms. The fourth-order valence-electron chi connectivity index (χ4n) is 7.34. The molecule has 7 aromatic carbocycles. The zero-order chi connectivity index (χ0) is 39.0. The first-order valence-electron chi connectivity index (χ1n) is 18.9. The Bertz CT molecular complexity index is 2600. The van der Waals surface area contributed by atoms with E-state index in [-0.39, 0.29) is 11.4 Å². The van der Waals surface area contributed by atoms with Crippen molar-refractivity contribution in [3.8, 4) is 55.6 Å². The van der Waals surface area contributed by atoms with Gasteiger partial charge in [-0.1, -0.05) is 170 Å². The number of hydrogen-bond acceptors (Lipinski definition) is 4. The van der Waals surface area contributed by atoms with Crippen LogP contribution in [-0.4, -0.2) is 16.4 Å². The van der Waals surface area contributed by atoms with Gasteiger partial charge < -0.3 is 5.73 Å². The Balaban J connectivity index is 0.000000296. The van der Waals surface area contributed by atoms with E-state index in [1.165, 1.54) is 0 Å². The summed E-state index contributed by atoms with van der Waals surface area (Å²) in [4.78, 5) is 3.96. The van der Waals surface area contributed by atoms with Crippen molar-refractivity contribution in [3.05, 3.63) is 230 Å². The highest BCUT2D eigenvalue weighted by molar-refractivity contribution is 6.62. The molecule has 272 valence electrons. The molecule has 1 aliphatic carbocycles. The summed E-state index contributed by atoms with van der Waals surface area (Å²) in [5.74, 6) is 0. The van der Waals surface area contributed by atoms with Crippen LogP contribution in [0.1, 0.15) is 11.1 Å². The highest BCUT2D eigenvalue weighted by Gasteiger charge is 2.26. The van der Waals surface area contributed by atoms with Gasteiger partial charge in [-0.15, -0.1) is 0 Å². The van der Waals surface area contributed by atoms with E-state index in [0.29, 0.717) is 0 Å². The predicted octanol–water partition coefficient (Wildman–Crippen LogP) is 13.2. The summed E-state index contributed by atoms with van der Waals surface area (Å²) in [7, 11) is 0. The minimum Gasteiger partial charge on any atom is -0.399 e. The van der Waals surface area contributed by atoms with Crippen LogP contribution in [0.3, 0.4) is 0 Å². The molecule has 0 amide bonds. The molecule has 0 spiro atoms. The fraction of sp³-hybridized carbons (Fsp3) is 0. The summed E-state index contributed by atoms with van der Waals surface area (Å²) < 4.78 is 0. The minimum atomic E-state index is 0.196. The fourth-order valence-corrected chi connectivity index (χ4v) is 7.34. The standard InChI is InChI=1S/C42H30N2.C11H10N2/c43-39-28-33(40-34(29-15-5-1-6-16-29)23-13-24-35(40)30-17-7-2-8-18-30)27-38(42(39)44)41-36(31-19-9-3-10-20-31)25-14-26-37(41)32-21-11-4-12-22-32;12-11-3-1-9(2-4-11)10-5-7-13-8-6-10/h1-28,43-44H;1-8H,12H2. The van der Waals surface area contributed by atoms with E-state index in [1.807, 2.05) is 91.0 Å². The Kier molecular flexibility index (Phi) is 10.7. The molecule has 8 aromatic rings. The monoisotopic (exact) mass is 732 g/mol. The number of nitrogens with two attached hydrogens (primary N) is 1. The third-order valence-electron chi connectivity index (χ3n) is 10.1. The first-order valence-corrected chi connectivity index (χ1v) is 18.9. The molecule has 0 atom stereocenters. The minimum absolute atomic E-state index is 0.196. The van der Waals surface area contributed by atoms with E-state index in [1.54, 1.807) is 12.4 Å². The zero-order valence-electron chi connectivity index (χ0n) is 31.3. The van der Waals surface area contributed by atoms with Gasteiger partial charge in [-0.3, -0.25) is 15.8 Å². The van der Waals surface area contributed by atoms with Crippen molar-refractivity contribution < 1.29 is 0 Å². The lowest BCUT2D eigenvalue weighted by atomic mass is 9.79. The Hall–Kier alpha value is -7.69. The van der Waals surface area contributed by atoms with Crippen LogP contribution in [0.25, 0.3) is 66.8 Å². The van der Waals surface area contributed by atoms with Gasteiger partial charge in [-0.2, -0.15) is 0 Å². The number of aromatic nitrogens is 1. The molecular weight excluding hydrogens is 693 g/mol. The van der Waals surface area contributed by atoms with Crippen LogP contribution in [0, 0.1) is 10.8 Å². The van der Waals surface area contributed by atoms with Crippen LogP contribution >= 0.6 is 0 Å². The van der Waals surface area contributed by atoms with Crippen molar-refractivity contribution in [2.24, 2.45) is 0 Å². The van der Waals surface area contributed by atoms with Gasteiger partial charge in [-0.05, 0) is 109 Å². The highest BCUT2D eigenvalue weighted by atomic mass is 14.6. The van der Waals surface area contributed by atoms with Crippen molar-refractivity contribution in [2.75, 3.05) is 5.73 Å². The van der Waals surface area contributed by atoms with Crippen LogP contribution in [0.2, 0.25) is 0 Å². The topological polar surface area (TPSA) is 86.6 Å². The Morgan fingerprint density at radius 1 is 0.351 bits per heavy atom. The van der Waals surface area contributed by atoms with Gasteiger partial charge in [0.1, 0.15) is 0 Å². The lowest BCUT2D eigenvalue weighted by molar-refractivity contribution is 1.33. The van der Waals surface area contributed by atoms with Gasteiger partial charge in [0.2, 0.25) is 0 Å². The van der Waals surface area contributed by atoms with Crippen LogP contribution in [-0.2, 0) is 0 Å². The molecule has 0 radical (unpaired) electrons. The number of nitrogen functional groups attached to an aromatic ring is 1. The van der Waals surface area contributed by atoms with Gasteiger partial charge in [0.15, 0.2) is 0 Å². The van der Waals surface area contributed by atoms with Crippen molar-refractivity contribution in [1.29, 1.82) is 10.8 Å². The van der Waals surface area contributed by atoms with Crippen molar-refractivity contribution in [3.63, 3.8) is 0 Å². The summed E-state index contributed by atoms with van der Waals surface area (Å²) in [6.45, 7) is 0. The third-order valence-corrected chi connectivity index (χ3v) is 10.1. The van der Waals surface area contributed by atoms with Crippen molar-refractivity contribution >= 4 is 28.3 Å². The van der Waals surface area contributed by atoms with Crippen LogP contribution in [0.5, 0.6) is 0 Å². The largest absolute Gasteiger partial charge is 0.399 e. The molecular formula is C53H40N4. The number of nitrogens with one attached hydrogen (secondary N) is 2. The normalized spacial score (nSPS) is 12.2. The highest BCUT2D eigenvalue weighted by Crippen LogP contribution is 2.44. The maximum atomic E-state index is 9.26. The molecule has 0 saturated carbocycles. The molecule has 4 N–H and O–H groups in total. The number of nitrogens with zero attached hydrogens (tertiary/aromatic N) is 1. The Morgan fingerprint density at radius 3 is 1.16 bits per heavy atom. The van der Waals surface area contributed by atoms with Crippen molar-refractivity contribution in [1.82, 2.24) is 4.98 Å². The number of anilines is 1. The second kappa shape index (κ2) is 16.8. The lowest BCUT2D eigenvalue weighted by Gasteiger charge is -2.24. The summed E-state index contributed by atoms with van der Waals surface area (Å²) in [5.41, 5.74) is 21.4. The molecule has 9 rings (SSSR count).